The zero-order valence-corrected chi connectivity index (χ0v) is 13.1. The number of thiazole rings is 1. The minimum atomic E-state index is -0.252. The molecule has 5 nitrogen and oxygen atoms in total. The molecule has 0 saturated carbocycles. The van der Waals surface area contributed by atoms with Crippen LogP contribution in [0.4, 0.5) is 5.69 Å². The third kappa shape index (κ3) is 2.78. The lowest BCUT2D eigenvalue weighted by Gasteiger charge is -2.07. The van der Waals surface area contributed by atoms with Gasteiger partial charge in [0.25, 0.3) is 5.91 Å². The van der Waals surface area contributed by atoms with Crippen molar-refractivity contribution >= 4 is 33.8 Å². The normalized spacial score (nSPS) is 10.8. The van der Waals surface area contributed by atoms with Gasteiger partial charge in [-0.1, -0.05) is 13.0 Å². The van der Waals surface area contributed by atoms with E-state index in [-0.39, 0.29) is 11.5 Å². The van der Waals surface area contributed by atoms with Crippen LogP contribution in [0, 0.1) is 6.92 Å². The Morgan fingerprint density at radius 2 is 2.18 bits per heavy atom. The van der Waals surface area contributed by atoms with Crippen molar-refractivity contribution in [1.82, 2.24) is 9.97 Å². The summed E-state index contributed by atoms with van der Waals surface area (Å²) in [5.74, 6) is -0.252. The Balaban J connectivity index is 1.95. The number of nitrogens with one attached hydrogen (secondary N) is 2. The molecule has 22 heavy (non-hydrogen) atoms. The Hall–Kier alpha value is -2.47. The number of carbonyl (C=O) groups is 1. The minimum Gasteiger partial charge on any atom is -0.322 e. The van der Waals surface area contributed by atoms with Crippen LogP contribution >= 0.6 is 11.3 Å². The van der Waals surface area contributed by atoms with Gasteiger partial charge in [0.2, 0.25) is 5.56 Å². The molecule has 0 aliphatic rings. The maximum atomic E-state index is 12.1. The number of nitrogens with zero attached hydrogens (tertiary/aromatic N) is 1. The molecule has 0 fully saturated rings. The second-order valence-electron chi connectivity index (χ2n) is 4.98. The van der Waals surface area contributed by atoms with Gasteiger partial charge in [0, 0.05) is 22.5 Å². The molecule has 0 radical (unpaired) electrons. The molecule has 0 aliphatic heterocycles. The minimum absolute atomic E-state index is 0.136. The van der Waals surface area contributed by atoms with Crippen LogP contribution in [0.3, 0.4) is 0 Å². The molecule has 0 bridgehead atoms. The zero-order chi connectivity index (χ0) is 15.7. The standard InChI is InChI=1S/C16H15N3O2S/c1-3-10-6-15(20)19-13-7-11(4-5-12(10)13)18-16(21)14-8-22-9(2)17-14/h4-8H,3H2,1-2H3,(H,18,21)(H,19,20). The third-order valence-corrected chi connectivity index (χ3v) is 4.19. The first-order valence-electron chi connectivity index (χ1n) is 6.96. The number of aryl methyl sites for hydroxylation is 2. The first-order valence-corrected chi connectivity index (χ1v) is 7.84. The topological polar surface area (TPSA) is 74.8 Å². The van der Waals surface area contributed by atoms with Crippen molar-refractivity contribution in [3.8, 4) is 0 Å². The Morgan fingerprint density at radius 3 is 2.86 bits per heavy atom. The smallest absolute Gasteiger partial charge is 0.275 e. The fraction of sp³-hybridized carbons (Fsp3) is 0.188. The van der Waals surface area contributed by atoms with Crippen LogP contribution < -0.4 is 10.9 Å². The van der Waals surface area contributed by atoms with Crippen molar-refractivity contribution in [2.75, 3.05) is 5.32 Å². The van der Waals surface area contributed by atoms with Crippen molar-refractivity contribution in [3.63, 3.8) is 0 Å². The predicted octanol–water partition coefficient (Wildman–Crippen LogP) is 3.11. The second-order valence-corrected chi connectivity index (χ2v) is 6.04. The highest BCUT2D eigenvalue weighted by Gasteiger charge is 2.10. The summed E-state index contributed by atoms with van der Waals surface area (Å²) in [5, 5.41) is 6.37. The molecule has 3 aromatic rings. The molecule has 2 N–H and O–H groups in total. The van der Waals surface area contributed by atoms with E-state index in [1.807, 2.05) is 26.0 Å². The van der Waals surface area contributed by atoms with Gasteiger partial charge < -0.3 is 10.3 Å². The number of rotatable bonds is 3. The van der Waals surface area contributed by atoms with Gasteiger partial charge in [-0.25, -0.2) is 4.98 Å². The van der Waals surface area contributed by atoms with E-state index in [0.717, 1.165) is 27.9 Å². The number of anilines is 1. The van der Waals surface area contributed by atoms with Crippen molar-refractivity contribution in [2.24, 2.45) is 0 Å². The van der Waals surface area contributed by atoms with E-state index in [2.05, 4.69) is 15.3 Å². The number of hydrogen-bond acceptors (Lipinski definition) is 4. The molecule has 112 valence electrons. The number of hydrogen-bond donors (Lipinski definition) is 2. The Kier molecular flexibility index (Phi) is 3.77. The molecule has 0 atom stereocenters. The van der Waals surface area contributed by atoms with E-state index >= 15 is 0 Å². The van der Waals surface area contributed by atoms with Gasteiger partial charge >= 0.3 is 0 Å². The van der Waals surface area contributed by atoms with Crippen LogP contribution in [0.15, 0.2) is 34.4 Å². The number of amides is 1. The van der Waals surface area contributed by atoms with Crippen LogP contribution in [-0.2, 0) is 6.42 Å². The average molecular weight is 313 g/mol. The SMILES string of the molecule is CCc1cc(=O)[nH]c2cc(NC(=O)c3csc(C)n3)ccc12. The average Bonchev–Trinajstić information content (AvgIpc) is 2.92. The molecule has 1 amide bonds. The van der Waals surface area contributed by atoms with Crippen molar-refractivity contribution < 1.29 is 4.79 Å². The lowest BCUT2D eigenvalue weighted by Crippen LogP contribution is -2.13. The highest BCUT2D eigenvalue weighted by Crippen LogP contribution is 2.20. The van der Waals surface area contributed by atoms with Crippen molar-refractivity contribution in [3.05, 3.63) is 56.3 Å². The Bertz CT molecular complexity index is 911. The van der Waals surface area contributed by atoms with Gasteiger partial charge in [-0.05, 0) is 31.0 Å². The van der Waals surface area contributed by atoms with E-state index in [1.165, 1.54) is 11.3 Å². The largest absolute Gasteiger partial charge is 0.322 e. The quantitative estimate of drug-likeness (QED) is 0.780. The highest BCUT2D eigenvalue weighted by molar-refractivity contribution is 7.09. The Labute approximate surface area is 131 Å². The van der Waals surface area contributed by atoms with Crippen molar-refractivity contribution in [2.45, 2.75) is 20.3 Å². The monoisotopic (exact) mass is 313 g/mol. The molecule has 6 heteroatoms. The molecular weight excluding hydrogens is 298 g/mol. The summed E-state index contributed by atoms with van der Waals surface area (Å²) >= 11 is 1.43. The summed E-state index contributed by atoms with van der Waals surface area (Å²) in [6.45, 7) is 3.86. The first kappa shape index (κ1) is 14.5. The van der Waals surface area contributed by atoms with Gasteiger partial charge in [-0.3, -0.25) is 9.59 Å². The summed E-state index contributed by atoms with van der Waals surface area (Å²) in [5.41, 5.74) is 2.61. The molecule has 2 aromatic heterocycles. The number of H-pyrrole nitrogens is 1. The maximum absolute atomic E-state index is 12.1. The molecule has 0 unspecified atom stereocenters. The second kappa shape index (κ2) is 5.73. The van der Waals surface area contributed by atoms with Crippen molar-refractivity contribution in [1.29, 1.82) is 0 Å². The fourth-order valence-corrected chi connectivity index (χ4v) is 2.96. The van der Waals surface area contributed by atoms with Crippen LogP contribution in [0.2, 0.25) is 0 Å². The molecule has 0 saturated heterocycles. The third-order valence-electron chi connectivity index (χ3n) is 3.42. The number of fused-ring (bicyclic) bond motifs is 1. The molecule has 3 rings (SSSR count). The molecule has 0 aliphatic carbocycles. The van der Waals surface area contributed by atoms with Crippen LogP contribution in [0.5, 0.6) is 0 Å². The number of benzene rings is 1. The fourth-order valence-electron chi connectivity index (χ4n) is 2.37. The van der Waals surface area contributed by atoms with Gasteiger partial charge in [0.05, 0.1) is 10.5 Å². The lowest BCUT2D eigenvalue weighted by atomic mass is 10.1. The van der Waals surface area contributed by atoms with Gasteiger partial charge in [0.1, 0.15) is 5.69 Å². The van der Waals surface area contributed by atoms with E-state index in [1.54, 1.807) is 17.5 Å². The van der Waals surface area contributed by atoms with Gasteiger partial charge in [0.15, 0.2) is 0 Å². The van der Waals surface area contributed by atoms with Crippen LogP contribution in [-0.4, -0.2) is 15.9 Å². The predicted molar refractivity (Wildman–Crippen MR) is 88.8 cm³/mol. The van der Waals surface area contributed by atoms with E-state index in [4.69, 9.17) is 0 Å². The number of aromatic amines is 1. The number of pyridine rings is 1. The molecular formula is C16H15N3O2S. The summed E-state index contributed by atoms with van der Waals surface area (Å²) in [7, 11) is 0. The summed E-state index contributed by atoms with van der Waals surface area (Å²) in [6.07, 6.45) is 0.782. The summed E-state index contributed by atoms with van der Waals surface area (Å²) in [4.78, 5) is 30.7. The van der Waals surface area contributed by atoms with Crippen LogP contribution in [0.1, 0.15) is 28.0 Å². The first-order chi connectivity index (χ1) is 10.6. The number of aromatic nitrogens is 2. The van der Waals surface area contributed by atoms with E-state index in [0.29, 0.717) is 11.4 Å². The maximum Gasteiger partial charge on any atom is 0.275 e. The lowest BCUT2D eigenvalue weighted by molar-refractivity contribution is 0.102. The number of carbonyl (C=O) groups excluding carboxylic acids is 1. The summed E-state index contributed by atoms with van der Waals surface area (Å²) in [6, 6.07) is 7.12. The van der Waals surface area contributed by atoms with E-state index < -0.39 is 0 Å². The highest BCUT2D eigenvalue weighted by atomic mass is 32.1. The van der Waals surface area contributed by atoms with Gasteiger partial charge in [-0.15, -0.1) is 11.3 Å². The van der Waals surface area contributed by atoms with E-state index in [9.17, 15) is 9.59 Å². The molecule has 0 spiro atoms. The van der Waals surface area contributed by atoms with Crippen LogP contribution in [0.25, 0.3) is 10.9 Å². The molecule has 2 heterocycles. The summed E-state index contributed by atoms with van der Waals surface area (Å²) < 4.78 is 0. The Morgan fingerprint density at radius 1 is 1.36 bits per heavy atom. The van der Waals surface area contributed by atoms with Gasteiger partial charge in [-0.2, -0.15) is 0 Å². The molecule has 1 aromatic carbocycles. The zero-order valence-electron chi connectivity index (χ0n) is 12.3.